The predicted molar refractivity (Wildman–Crippen MR) is 124 cm³/mol. The van der Waals surface area contributed by atoms with Crippen LogP contribution in [-0.2, 0) is 19.6 Å². The molecule has 10 heteroatoms. The van der Waals surface area contributed by atoms with Crippen molar-refractivity contribution in [1.82, 2.24) is 9.21 Å². The molecule has 1 aliphatic heterocycles. The Hall–Kier alpha value is -2.72. The Balaban J connectivity index is 1.68. The van der Waals surface area contributed by atoms with Gasteiger partial charge in [0, 0.05) is 43.5 Å². The SMILES string of the molecule is Cc1ccc(S(=O)(=O)N2CC(=O)C[C@H]2C(=O)N(C)C2CCC(F)(F)CC2)c(-c2ccccc2F)c1. The van der Waals surface area contributed by atoms with Gasteiger partial charge in [0.15, 0.2) is 0 Å². The number of carbonyl (C=O) groups is 2. The Morgan fingerprint density at radius 3 is 2.40 bits per heavy atom. The predicted octanol–water partition coefficient (Wildman–Crippen LogP) is 4.17. The van der Waals surface area contributed by atoms with Crippen molar-refractivity contribution in [3.05, 3.63) is 53.8 Å². The Bertz CT molecular complexity index is 1260. The number of sulfonamides is 1. The van der Waals surface area contributed by atoms with E-state index >= 15 is 0 Å². The van der Waals surface area contributed by atoms with Crippen molar-refractivity contribution in [1.29, 1.82) is 0 Å². The quantitative estimate of drug-likeness (QED) is 0.608. The lowest BCUT2D eigenvalue weighted by Gasteiger charge is -2.36. The average Bonchev–Trinajstić information content (AvgIpc) is 3.21. The number of aryl methyl sites for hydroxylation is 1. The smallest absolute Gasteiger partial charge is 0.248 e. The van der Waals surface area contributed by atoms with E-state index < -0.39 is 52.1 Å². The number of hydrogen-bond acceptors (Lipinski definition) is 4. The zero-order valence-corrected chi connectivity index (χ0v) is 20.3. The van der Waals surface area contributed by atoms with Crippen LogP contribution in [-0.4, -0.2) is 60.9 Å². The summed E-state index contributed by atoms with van der Waals surface area (Å²) in [6, 6.07) is 8.50. The summed E-state index contributed by atoms with van der Waals surface area (Å²) >= 11 is 0. The molecule has 1 atom stereocenters. The summed E-state index contributed by atoms with van der Waals surface area (Å²) < 4.78 is 70.2. The maximum absolute atomic E-state index is 14.6. The number of rotatable bonds is 5. The largest absolute Gasteiger partial charge is 0.341 e. The summed E-state index contributed by atoms with van der Waals surface area (Å²) in [7, 11) is -2.92. The van der Waals surface area contributed by atoms with Crippen LogP contribution in [0.1, 0.15) is 37.7 Å². The summed E-state index contributed by atoms with van der Waals surface area (Å²) in [4.78, 5) is 26.8. The highest BCUT2D eigenvalue weighted by Crippen LogP contribution is 2.37. The molecule has 2 aromatic carbocycles. The van der Waals surface area contributed by atoms with Gasteiger partial charge >= 0.3 is 0 Å². The number of ketones is 1. The number of hydrogen-bond donors (Lipinski definition) is 0. The van der Waals surface area contributed by atoms with Gasteiger partial charge in [0.05, 0.1) is 11.4 Å². The van der Waals surface area contributed by atoms with E-state index in [-0.39, 0.29) is 48.1 Å². The number of likely N-dealkylation sites (N-methyl/N-ethyl adjacent to an activating group) is 1. The molecule has 1 aliphatic carbocycles. The van der Waals surface area contributed by atoms with E-state index in [4.69, 9.17) is 0 Å². The fourth-order valence-electron chi connectivity index (χ4n) is 4.84. The van der Waals surface area contributed by atoms with E-state index in [1.807, 2.05) is 0 Å². The van der Waals surface area contributed by atoms with Gasteiger partial charge in [-0.1, -0.05) is 29.8 Å². The number of nitrogens with zero attached hydrogens (tertiary/aromatic N) is 2. The third-order valence-corrected chi connectivity index (χ3v) is 8.77. The Morgan fingerprint density at radius 1 is 1.09 bits per heavy atom. The Labute approximate surface area is 202 Å². The number of alkyl halides is 2. The molecule has 0 bridgehead atoms. The minimum absolute atomic E-state index is 0.0865. The second-order valence-electron chi connectivity index (χ2n) is 9.32. The lowest BCUT2D eigenvalue weighted by atomic mass is 9.91. The fourth-order valence-corrected chi connectivity index (χ4v) is 6.59. The monoisotopic (exact) mass is 508 g/mol. The number of amides is 1. The maximum Gasteiger partial charge on any atom is 0.248 e. The zero-order valence-electron chi connectivity index (χ0n) is 19.5. The molecule has 6 nitrogen and oxygen atoms in total. The molecular formula is C25H27F3N2O4S. The summed E-state index contributed by atoms with van der Waals surface area (Å²) in [6.45, 7) is 1.26. The average molecular weight is 509 g/mol. The van der Waals surface area contributed by atoms with Crippen LogP contribution < -0.4 is 0 Å². The molecule has 4 rings (SSSR count). The molecule has 2 aromatic rings. The molecule has 2 fully saturated rings. The van der Waals surface area contributed by atoms with Crippen molar-refractivity contribution in [2.24, 2.45) is 0 Å². The van der Waals surface area contributed by atoms with Gasteiger partial charge in [-0.05, 0) is 38.0 Å². The summed E-state index contributed by atoms with van der Waals surface area (Å²) in [5.74, 6) is -4.40. The molecule has 2 aliphatic rings. The van der Waals surface area contributed by atoms with Crippen LogP contribution >= 0.6 is 0 Å². The molecule has 188 valence electrons. The van der Waals surface area contributed by atoms with Crippen molar-refractivity contribution in [2.45, 2.75) is 61.9 Å². The van der Waals surface area contributed by atoms with Crippen molar-refractivity contribution in [3.8, 4) is 11.1 Å². The van der Waals surface area contributed by atoms with Crippen LogP contribution in [0.2, 0.25) is 0 Å². The van der Waals surface area contributed by atoms with Crippen LogP contribution in [0.15, 0.2) is 47.4 Å². The first-order chi connectivity index (χ1) is 16.4. The molecule has 35 heavy (non-hydrogen) atoms. The van der Waals surface area contributed by atoms with Gasteiger partial charge in [0.25, 0.3) is 0 Å². The third kappa shape index (κ3) is 4.99. The number of Topliss-reactive ketones (excluding diaryl/α,β-unsaturated/α-hetero) is 1. The summed E-state index contributed by atoms with van der Waals surface area (Å²) in [5.41, 5.74) is 0.932. The first-order valence-electron chi connectivity index (χ1n) is 11.4. The van der Waals surface area contributed by atoms with E-state index in [1.165, 1.54) is 36.2 Å². The van der Waals surface area contributed by atoms with E-state index in [0.29, 0.717) is 5.56 Å². The summed E-state index contributed by atoms with van der Waals surface area (Å²) in [5, 5.41) is 0. The van der Waals surface area contributed by atoms with Crippen LogP contribution in [0.5, 0.6) is 0 Å². The molecule has 0 spiro atoms. The van der Waals surface area contributed by atoms with Gasteiger partial charge in [0.2, 0.25) is 21.9 Å². The minimum Gasteiger partial charge on any atom is -0.341 e. The lowest BCUT2D eigenvalue weighted by Crippen LogP contribution is -2.50. The first kappa shape index (κ1) is 25.4. The topological polar surface area (TPSA) is 74.8 Å². The zero-order chi connectivity index (χ0) is 25.5. The van der Waals surface area contributed by atoms with E-state index in [9.17, 15) is 31.2 Å². The molecule has 0 unspecified atom stereocenters. The molecule has 0 radical (unpaired) electrons. The Kier molecular flexibility index (Phi) is 6.80. The van der Waals surface area contributed by atoms with Crippen molar-refractivity contribution in [2.75, 3.05) is 13.6 Å². The molecule has 1 amide bonds. The van der Waals surface area contributed by atoms with Crippen LogP contribution in [0.4, 0.5) is 13.2 Å². The molecule has 1 heterocycles. The number of halogens is 3. The van der Waals surface area contributed by atoms with Crippen molar-refractivity contribution >= 4 is 21.7 Å². The Morgan fingerprint density at radius 2 is 1.74 bits per heavy atom. The second kappa shape index (κ2) is 9.39. The fraction of sp³-hybridized carbons (Fsp3) is 0.440. The lowest BCUT2D eigenvalue weighted by molar-refractivity contribution is -0.138. The highest BCUT2D eigenvalue weighted by Gasteiger charge is 2.47. The van der Waals surface area contributed by atoms with Crippen molar-refractivity contribution in [3.63, 3.8) is 0 Å². The third-order valence-electron chi connectivity index (χ3n) is 6.85. The van der Waals surface area contributed by atoms with Crippen LogP contribution in [0.3, 0.4) is 0 Å². The molecule has 0 N–H and O–H groups in total. The standard InChI is InChI=1S/C25H27F3N2O4S/c1-16-7-8-23(20(13-16)19-5-3-4-6-21(19)26)35(33,34)30-15-18(31)14-22(30)24(32)29(2)17-9-11-25(27,28)12-10-17/h3-8,13,17,22H,9-12,14-15H2,1-2H3/t22-/m0/s1. The molecule has 1 saturated carbocycles. The number of carbonyl (C=O) groups excluding carboxylic acids is 2. The van der Waals surface area contributed by atoms with Crippen molar-refractivity contribution < 1.29 is 31.2 Å². The van der Waals surface area contributed by atoms with Crippen LogP contribution in [0, 0.1) is 12.7 Å². The van der Waals surface area contributed by atoms with E-state index in [0.717, 1.165) is 4.31 Å². The van der Waals surface area contributed by atoms with Gasteiger partial charge in [-0.2, -0.15) is 4.31 Å². The summed E-state index contributed by atoms with van der Waals surface area (Å²) in [6.07, 6.45) is -0.811. The molecule has 0 aromatic heterocycles. The molecular weight excluding hydrogens is 481 g/mol. The maximum atomic E-state index is 14.6. The normalized spacial score (nSPS) is 21.3. The van der Waals surface area contributed by atoms with Gasteiger partial charge in [0.1, 0.15) is 17.6 Å². The van der Waals surface area contributed by atoms with Gasteiger partial charge in [-0.25, -0.2) is 21.6 Å². The van der Waals surface area contributed by atoms with E-state index in [2.05, 4.69) is 0 Å². The van der Waals surface area contributed by atoms with Gasteiger partial charge in [-0.3, -0.25) is 9.59 Å². The van der Waals surface area contributed by atoms with Gasteiger partial charge < -0.3 is 4.90 Å². The highest BCUT2D eigenvalue weighted by atomic mass is 32.2. The number of benzene rings is 2. The molecule has 1 saturated heterocycles. The van der Waals surface area contributed by atoms with Gasteiger partial charge in [-0.15, -0.1) is 0 Å². The van der Waals surface area contributed by atoms with E-state index in [1.54, 1.807) is 25.1 Å². The first-order valence-corrected chi connectivity index (χ1v) is 12.9. The second-order valence-corrected chi connectivity index (χ2v) is 11.2. The van der Waals surface area contributed by atoms with Crippen LogP contribution in [0.25, 0.3) is 11.1 Å². The highest BCUT2D eigenvalue weighted by molar-refractivity contribution is 7.89. The minimum atomic E-state index is -4.38.